The number of carbonyl (C=O) groups excluding carboxylic acids is 2. The first-order valence-corrected chi connectivity index (χ1v) is 9.10. The summed E-state index contributed by atoms with van der Waals surface area (Å²) >= 11 is 0. The van der Waals surface area contributed by atoms with Gasteiger partial charge in [0.2, 0.25) is 11.8 Å². The largest absolute Gasteiger partial charge is 0.496 e. The summed E-state index contributed by atoms with van der Waals surface area (Å²) in [5, 5.41) is 7.38. The number of carbonyl (C=O) groups is 2. The molecule has 0 saturated heterocycles. The van der Waals surface area contributed by atoms with Gasteiger partial charge in [-0.25, -0.2) is 0 Å². The number of hydrogen-bond donors (Lipinski definition) is 4. The Kier molecular flexibility index (Phi) is 7.57. The normalized spacial score (nSPS) is 13.0. The third-order valence-corrected chi connectivity index (χ3v) is 4.37. The van der Waals surface area contributed by atoms with Gasteiger partial charge in [0.1, 0.15) is 11.8 Å². The summed E-state index contributed by atoms with van der Waals surface area (Å²) in [6.07, 6.45) is 2.14. The Balaban J connectivity index is 1.99. The van der Waals surface area contributed by atoms with Crippen molar-refractivity contribution in [1.82, 2.24) is 5.32 Å². The standard InChI is InChI=1S/C20H28N4O3/c1-13(23-20(26)17(22)9-5-6-10-21)19(25)24-15-11-14-7-3-4-8-16(14)18(12-15)27-2/h3-4,7-8,11-13,17H,5-6,9-10,21-22H2,1-2H3,(H,23,26)(H,24,25). The molecule has 0 aromatic heterocycles. The van der Waals surface area contributed by atoms with Gasteiger partial charge in [-0.15, -0.1) is 0 Å². The maximum Gasteiger partial charge on any atom is 0.246 e. The molecule has 0 aliphatic heterocycles. The van der Waals surface area contributed by atoms with Crippen LogP contribution in [0.25, 0.3) is 10.8 Å². The lowest BCUT2D eigenvalue weighted by molar-refractivity contribution is -0.127. The fourth-order valence-corrected chi connectivity index (χ4v) is 2.79. The van der Waals surface area contributed by atoms with E-state index in [1.165, 1.54) is 0 Å². The lowest BCUT2D eigenvalue weighted by Crippen LogP contribution is -2.48. The molecule has 7 heteroatoms. The molecule has 0 radical (unpaired) electrons. The van der Waals surface area contributed by atoms with Crippen LogP contribution in [0.1, 0.15) is 26.2 Å². The van der Waals surface area contributed by atoms with Gasteiger partial charge < -0.3 is 26.8 Å². The lowest BCUT2D eigenvalue weighted by atomic mass is 10.1. The highest BCUT2D eigenvalue weighted by Crippen LogP contribution is 2.29. The molecule has 146 valence electrons. The van der Waals surface area contributed by atoms with Gasteiger partial charge in [0, 0.05) is 17.1 Å². The topological polar surface area (TPSA) is 119 Å². The van der Waals surface area contributed by atoms with Crippen LogP contribution >= 0.6 is 0 Å². The van der Waals surface area contributed by atoms with Crippen LogP contribution in [0, 0.1) is 0 Å². The summed E-state index contributed by atoms with van der Waals surface area (Å²) in [4.78, 5) is 24.6. The summed E-state index contributed by atoms with van der Waals surface area (Å²) in [5.41, 5.74) is 11.9. The number of anilines is 1. The Morgan fingerprint density at radius 2 is 1.89 bits per heavy atom. The quantitative estimate of drug-likeness (QED) is 0.500. The minimum atomic E-state index is -0.712. The molecule has 2 unspecified atom stereocenters. The second-order valence-electron chi connectivity index (χ2n) is 6.51. The van der Waals surface area contributed by atoms with Gasteiger partial charge in [-0.2, -0.15) is 0 Å². The van der Waals surface area contributed by atoms with E-state index >= 15 is 0 Å². The number of nitrogens with two attached hydrogens (primary N) is 2. The fourth-order valence-electron chi connectivity index (χ4n) is 2.79. The molecule has 0 spiro atoms. The van der Waals surface area contributed by atoms with Crippen molar-refractivity contribution in [2.75, 3.05) is 19.0 Å². The van der Waals surface area contributed by atoms with Gasteiger partial charge in [0.05, 0.1) is 13.2 Å². The number of methoxy groups -OCH3 is 1. The molecule has 0 bridgehead atoms. The summed E-state index contributed by atoms with van der Waals surface area (Å²) in [6, 6.07) is 10.0. The number of nitrogens with one attached hydrogen (secondary N) is 2. The first-order chi connectivity index (χ1) is 13.0. The van der Waals surface area contributed by atoms with E-state index in [0.29, 0.717) is 24.4 Å². The summed E-state index contributed by atoms with van der Waals surface area (Å²) in [5.74, 6) is 0.00243. The summed E-state index contributed by atoms with van der Waals surface area (Å²) in [7, 11) is 1.59. The number of rotatable bonds is 9. The second-order valence-corrected chi connectivity index (χ2v) is 6.51. The molecule has 2 amide bonds. The molecule has 2 rings (SSSR count). The summed E-state index contributed by atoms with van der Waals surface area (Å²) < 4.78 is 5.41. The second kappa shape index (κ2) is 9.89. The van der Waals surface area contributed by atoms with Crippen LogP contribution in [0.2, 0.25) is 0 Å². The maximum absolute atomic E-state index is 12.4. The first kappa shape index (κ1) is 20.7. The van der Waals surface area contributed by atoms with E-state index in [4.69, 9.17) is 16.2 Å². The Bertz CT molecular complexity index is 794. The maximum atomic E-state index is 12.4. The average molecular weight is 372 g/mol. The molecule has 0 fully saturated rings. The zero-order valence-electron chi connectivity index (χ0n) is 15.8. The zero-order chi connectivity index (χ0) is 19.8. The molecule has 0 heterocycles. The first-order valence-electron chi connectivity index (χ1n) is 9.10. The number of hydrogen-bond acceptors (Lipinski definition) is 5. The van der Waals surface area contributed by atoms with Crippen LogP contribution in [0.15, 0.2) is 36.4 Å². The monoisotopic (exact) mass is 372 g/mol. The molecule has 27 heavy (non-hydrogen) atoms. The third-order valence-electron chi connectivity index (χ3n) is 4.37. The lowest BCUT2D eigenvalue weighted by Gasteiger charge is -2.18. The molecule has 0 saturated carbocycles. The molecule has 2 aromatic rings. The molecule has 7 nitrogen and oxygen atoms in total. The molecular formula is C20H28N4O3. The van der Waals surface area contributed by atoms with Crippen molar-refractivity contribution in [2.24, 2.45) is 11.5 Å². The predicted molar refractivity (Wildman–Crippen MR) is 108 cm³/mol. The third kappa shape index (κ3) is 5.67. The average Bonchev–Trinajstić information content (AvgIpc) is 2.67. The van der Waals surface area contributed by atoms with Crippen LogP contribution in [0.5, 0.6) is 5.75 Å². The Labute approximate surface area is 159 Å². The van der Waals surface area contributed by atoms with Gasteiger partial charge in [-0.1, -0.05) is 30.7 Å². The minimum Gasteiger partial charge on any atom is -0.496 e. The molecule has 2 atom stereocenters. The molecule has 2 aromatic carbocycles. The smallest absolute Gasteiger partial charge is 0.246 e. The highest BCUT2D eigenvalue weighted by molar-refractivity contribution is 6.00. The van der Waals surface area contributed by atoms with E-state index < -0.39 is 12.1 Å². The predicted octanol–water partition coefficient (Wildman–Crippen LogP) is 1.75. The van der Waals surface area contributed by atoms with Crippen molar-refractivity contribution in [3.05, 3.63) is 36.4 Å². The van der Waals surface area contributed by atoms with Crippen LogP contribution in [-0.2, 0) is 9.59 Å². The number of ether oxygens (including phenoxy) is 1. The van der Waals surface area contributed by atoms with E-state index in [2.05, 4.69) is 10.6 Å². The van der Waals surface area contributed by atoms with Crippen molar-refractivity contribution in [1.29, 1.82) is 0 Å². The van der Waals surface area contributed by atoms with E-state index in [0.717, 1.165) is 23.6 Å². The zero-order valence-corrected chi connectivity index (χ0v) is 15.8. The molecule has 0 aliphatic rings. The molecule has 0 aliphatic carbocycles. The van der Waals surface area contributed by atoms with Crippen LogP contribution < -0.4 is 26.8 Å². The van der Waals surface area contributed by atoms with Gasteiger partial charge in [0.15, 0.2) is 0 Å². The summed E-state index contributed by atoms with van der Waals surface area (Å²) in [6.45, 7) is 2.19. The molecule has 6 N–H and O–H groups in total. The Morgan fingerprint density at radius 1 is 1.15 bits per heavy atom. The minimum absolute atomic E-state index is 0.324. The van der Waals surface area contributed by atoms with Crippen LogP contribution in [0.4, 0.5) is 5.69 Å². The van der Waals surface area contributed by atoms with Crippen molar-refractivity contribution < 1.29 is 14.3 Å². The van der Waals surface area contributed by atoms with Gasteiger partial charge in [-0.05, 0) is 37.8 Å². The van der Waals surface area contributed by atoms with Crippen molar-refractivity contribution >= 4 is 28.3 Å². The van der Waals surface area contributed by atoms with Crippen molar-refractivity contribution in [3.8, 4) is 5.75 Å². The SMILES string of the molecule is COc1cc(NC(=O)C(C)NC(=O)C(N)CCCCN)cc2ccccc12. The van der Waals surface area contributed by atoms with E-state index in [-0.39, 0.29) is 11.8 Å². The van der Waals surface area contributed by atoms with E-state index in [9.17, 15) is 9.59 Å². The van der Waals surface area contributed by atoms with Gasteiger partial charge in [-0.3, -0.25) is 9.59 Å². The van der Waals surface area contributed by atoms with Gasteiger partial charge >= 0.3 is 0 Å². The number of unbranched alkanes of at least 4 members (excludes halogenated alkanes) is 1. The van der Waals surface area contributed by atoms with Crippen LogP contribution in [-0.4, -0.2) is 37.6 Å². The molecular weight excluding hydrogens is 344 g/mol. The Hall–Kier alpha value is -2.64. The van der Waals surface area contributed by atoms with Crippen molar-refractivity contribution in [2.45, 2.75) is 38.3 Å². The highest BCUT2D eigenvalue weighted by atomic mass is 16.5. The van der Waals surface area contributed by atoms with Crippen LogP contribution in [0.3, 0.4) is 0 Å². The number of amides is 2. The fraction of sp³-hybridized carbons (Fsp3) is 0.400. The highest BCUT2D eigenvalue weighted by Gasteiger charge is 2.20. The van der Waals surface area contributed by atoms with E-state index in [1.54, 1.807) is 20.1 Å². The number of benzene rings is 2. The number of fused-ring (bicyclic) bond motifs is 1. The Morgan fingerprint density at radius 3 is 2.59 bits per heavy atom. The van der Waals surface area contributed by atoms with Crippen molar-refractivity contribution in [3.63, 3.8) is 0 Å². The van der Waals surface area contributed by atoms with Gasteiger partial charge in [0.25, 0.3) is 0 Å². The van der Waals surface area contributed by atoms with E-state index in [1.807, 2.05) is 30.3 Å².